The summed E-state index contributed by atoms with van der Waals surface area (Å²) in [5, 5.41) is 1.45. The van der Waals surface area contributed by atoms with E-state index in [4.69, 9.17) is 0 Å². The molecule has 0 aromatic heterocycles. The summed E-state index contributed by atoms with van der Waals surface area (Å²) in [6, 6.07) is 11.1. The van der Waals surface area contributed by atoms with Crippen LogP contribution in [0.1, 0.15) is 76.7 Å². The third kappa shape index (κ3) is 6.40. The molecule has 2 rings (SSSR count). The second kappa shape index (κ2) is 10.7. The molecule has 0 bridgehead atoms. The molecular formula is C22H32O3S. The van der Waals surface area contributed by atoms with Crippen molar-refractivity contribution in [3.8, 4) is 0 Å². The molecule has 26 heavy (non-hydrogen) atoms. The van der Waals surface area contributed by atoms with Crippen LogP contribution in [-0.2, 0) is 16.5 Å². The van der Waals surface area contributed by atoms with Gasteiger partial charge in [-0.1, -0.05) is 101 Å². The van der Waals surface area contributed by atoms with E-state index in [0.29, 0.717) is 11.8 Å². The average Bonchev–Trinajstić information content (AvgIpc) is 2.62. The first-order valence-electron chi connectivity index (χ1n) is 10.0. The van der Waals surface area contributed by atoms with Gasteiger partial charge in [-0.25, -0.2) is 0 Å². The van der Waals surface area contributed by atoms with Crippen LogP contribution in [-0.4, -0.2) is 13.0 Å². The highest BCUT2D eigenvalue weighted by Crippen LogP contribution is 2.28. The Hall–Kier alpha value is -1.39. The summed E-state index contributed by atoms with van der Waals surface area (Å²) in [5.41, 5.74) is 0.728. The van der Waals surface area contributed by atoms with Gasteiger partial charge in [0.25, 0.3) is 10.1 Å². The van der Waals surface area contributed by atoms with Gasteiger partial charge in [0, 0.05) is 5.39 Å². The van der Waals surface area contributed by atoms with Crippen molar-refractivity contribution in [1.29, 1.82) is 0 Å². The molecule has 1 N–H and O–H groups in total. The van der Waals surface area contributed by atoms with Gasteiger partial charge in [-0.15, -0.1) is 0 Å². The van der Waals surface area contributed by atoms with E-state index in [2.05, 4.69) is 6.92 Å². The van der Waals surface area contributed by atoms with E-state index in [1.165, 1.54) is 51.4 Å². The number of hydrogen-bond donors (Lipinski definition) is 1. The second-order valence-corrected chi connectivity index (χ2v) is 8.54. The fourth-order valence-corrected chi connectivity index (χ4v) is 4.56. The predicted octanol–water partition coefficient (Wildman–Crippen LogP) is 6.55. The highest BCUT2D eigenvalue weighted by molar-refractivity contribution is 7.86. The zero-order valence-electron chi connectivity index (χ0n) is 15.9. The van der Waals surface area contributed by atoms with E-state index >= 15 is 0 Å². The maximum atomic E-state index is 11.9. The van der Waals surface area contributed by atoms with Gasteiger partial charge in [0.1, 0.15) is 4.90 Å². The van der Waals surface area contributed by atoms with Crippen LogP contribution < -0.4 is 0 Å². The normalized spacial score (nSPS) is 11.9. The van der Waals surface area contributed by atoms with Crippen LogP contribution in [0.4, 0.5) is 0 Å². The van der Waals surface area contributed by atoms with Crippen molar-refractivity contribution in [2.45, 2.75) is 82.4 Å². The minimum atomic E-state index is -4.22. The van der Waals surface area contributed by atoms with Crippen LogP contribution in [0.25, 0.3) is 10.8 Å². The molecule has 0 heterocycles. The first kappa shape index (κ1) is 20.9. The van der Waals surface area contributed by atoms with Crippen LogP contribution in [0.2, 0.25) is 0 Å². The molecule has 0 aliphatic heterocycles. The third-order valence-corrected chi connectivity index (χ3v) is 6.02. The Labute approximate surface area is 158 Å². The summed E-state index contributed by atoms with van der Waals surface area (Å²) < 4.78 is 33.5. The van der Waals surface area contributed by atoms with Crippen molar-refractivity contribution in [3.05, 3.63) is 42.0 Å². The number of fused-ring (bicyclic) bond motifs is 1. The van der Waals surface area contributed by atoms with E-state index < -0.39 is 10.1 Å². The van der Waals surface area contributed by atoms with Crippen LogP contribution in [0.15, 0.2) is 41.3 Å². The molecule has 4 heteroatoms. The fourth-order valence-electron chi connectivity index (χ4n) is 3.59. The third-order valence-electron chi connectivity index (χ3n) is 5.02. The fraction of sp³-hybridized carbons (Fsp3) is 0.545. The lowest BCUT2D eigenvalue weighted by molar-refractivity contribution is 0.482. The quantitative estimate of drug-likeness (QED) is 0.337. The molecule has 2 aromatic rings. The van der Waals surface area contributed by atoms with Crippen molar-refractivity contribution in [1.82, 2.24) is 0 Å². The summed E-state index contributed by atoms with van der Waals surface area (Å²) in [6.45, 7) is 2.24. The van der Waals surface area contributed by atoms with Crippen LogP contribution in [0.3, 0.4) is 0 Å². The molecule has 2 aromatic carbocycles. The Bertz CT molecular complexity index is 781. The first-order chi connectivity index (χ1) is 12.5. The van der Waals surface area contributed by atoms with Crippen molar-refractivity contribution in [2.24, 2.45) is 0 Å². The molecule has 0 saturated heterocycles. The summed E-state index contributed by atoms with van der Waals surface area (Å²) in [6.07, 6.45) is 13.2. The Morgan fingerprint density at radius 3 is 1.96 bits per heavy atom. The number of rotatable bonds is 12. The lowest BCUT2D eigenvalue weighted by Gasteiger charge is -2.11. The average molecular weight is 377 g/mol. The Balaban J connectivity index is 1.84. The van der Waals surface area contributed by atoms with Crippen molar-refractivity contribution in [3.63, 3.8) is 0 Å². The highest BCUT2D eigenvalue weighted by atomic mass is 32.2. The predicted molar refractivity (Wildman–Crippen MR) is 109 cm³/mol. The van der Waals surface area contributed by atoms with E-state index in [9.17, 15) is 13.0 Å². The van der Waals surface area contributed by atoms with Gasteiger partial charge in [-0.3, -0.25) is 4.55 Å². The van der Waals surface area contributed by atoms with Gasteiger partial charge < -0.3 is 0 Å². The van der Waals surface area contributed by atoms with E-state index in [0.717, 1.165) is 23.8 Å². The van der Waals surface area contributed by atoms with Gasteiger partial charge in [0.2, 0.25) is 0 Å². The molecule has 0 spiro atoms. The Kier molecular flexibility index (Phi) is 8.60. The number of aryl methyl sites for hydroxylation is 1. The molecule has 0 aliphatic carbocycles. The van der Waals surface area contributed by atoms with Gasteiger partial charge in [-0.2, -0.15) is 8.42 Å². The molecule has 0 saturated carbocycles. The Morgan fingerprint density at radius 2 is 1.35 bits per heavy atom. The molecular weight excluding hydrogens is 344 g/mol. The smallest absolute Gasteiger partial charge is 0.282 e. The molecule has 0 aliphatic rings. The van der Waals surface area contributed by atoms with Gasteiger partial charge >= 0.3 is 0 Å². The molecule has 0 amide bonds. The number of unbranched alkanes of at least 4 members (excludes halogenated alkanes) is 9. The molecule has 0 fully saturated rings. The van der Waals surface area contributed by atoms with Gasteiger partial charge in [0.15, 0.2) is 0 Å². The molecule has 0 unspecified atom stereocenters. The minimum Gasteiger partial charge on any atom is -0.282 e. The molecule has 3 nitrogen and oxygen atoms in total. The minimum absolute atomic E-state index is 0.0894. The maximum absolute atomic E-state index is 11.9. The summed E-state index contributed by atoms with van der Waals surface area (Å²) in [4.78, 5) is 0.0894. The number of hydrogen-bond acceptors (Lipinski definition) is 2. The summed E-state index contributed by atoms with van der Waals surface area (Å²) >= 11 is 0. The molecule has 0 atom stereocenters. The van der Waals surface area contributed by atoms with Gasteiger partial charge in [-0.05, 0) is 23.8 Å². The number of benzene rings is 2. The first-order valence-corrected chi connectivity index (χ1v) is 11.5. The standard InChI is InChI=1S/C22H32O3S/c1-2-3-4-5-6-7-8-9-10-11-15-20-18-17-19-14-12-13-16-21(19)22(20)26(23,24)25/h12-14,16-18H,2-11,15H2,1H3,(H,23,24,25). The molecule has 144 valence electrons. The van der Waals surface area contributed by atoms with E-state index in [1.54, 1.807) is 12.1 Å². The van der Waals surface area contributed by atoms with Crippen molar-refractivity contribution < 1.29 is 13.0 Å². The zero-order valence-corrected chi connectivity index (χ0v) is 16.7. The van der Waals surface area contributed by atoms with Crippen molar-refractivity contribution >= 4 is 20.9 Å². The Morgan fingerprint density at radius 1 is 0.769 bits per heavy atom. The lowest BCUT2D eigenvalue weighted by atomic mass is 10.0. The SMILES string of the molecule is CCCCCCCCCCCCc1ccc2ccccc2c1S(=O)(=O)O. The lowest BCUT2D eigenvalue weighted by Crippen LogP contribution is -2.04. The van der Waals surface area contributed by atoms with Crippen LogP contribution >= 0.6 is 0 Å². The monoisotopic (exact) mass is 376 g/mol. The highest BCUT2D eigenvalue weighted by Gasteiger charge is 2.18. The second-order valence-electron chi connectivity index (χ2n) is 7.18. The summed E-state index contributed by atoms with van der Waals surface area (Å²) in [7, 11) is -4.22. The van der Waals surface area contributed by atoms with Crippen LogP contribution in [0, 0.1) is 0 Å². The van der Waals surface area contributed by atoms with Crippen LogP contribution in [0.5, 0.6) is 0 Å². The van der Waals surface area contributed by atoms with E-state index in [1.807, 2.05) is 24.3 Å². The van der Waals surface area contributed by atoms with Crippen molar-refractivity contribution in [2.75, 3.05) is 0 Å². The topological polar surface area (TPSA) is 54.4 Å². The maximum Gasteiger partial charge on any atom is 0.295 e. The largest absolute Gasteiger partial charge is 0.295 e. The van der Waals surface area contributed by atoms with E-state index in [-0.39, 0.29) is 4.90 Å². The van der Waals surface area contributed by atoms with Gasteiger partial charge in [0.05, 0.1) is 0 Å². The molecule has 0 radical (unpaired) electrons. The zero-order chi connectivity index (χ0) is 18.8. The summed E-state index contributed by atoms with van der Waals surface area (Å²) in [5.74, 6) is 0.